The highest BCUT2D eigenvalue weighted by molar-refractivity contribution is 9.10. The third-order valence-corrected chi connectivity index (χ3v) is 2.78. The van der Waals surface area contributed by atoms with Gasteiger partial charge in [-0.2, -0.15) is 0 Å². The number of anilines is 1. The average Bonchev–Trinajstić information content (AvgIpc) is 2.20. The average molecular weight is 305 g/mol. The first-order chi connectivity index (χ1) is 7.50. The maximum absolute atomic E-state index is 10.5. The van der Waals surface area contributed by atoms with Crippen LogP contribution in [-0.2, 0) is 4.79 Å². The molecule has 0 atom stereocenters. The van der Waals surface area contributed by atoms with Gasteiger partial charge < -0.3 is 10.4 Å². The summed E-state index contributed by atoms with van der Waals surface area (Å²) in [7, 11) is 0. The van der Waals surface area contributed by atoms with Crippen molar-refractivity contribution in [1.29, 1.82) is 0 Å². The fourth-order valence-corrected chi connectivity index (χ4v) is 1.77. The molecule has 0 radical (unpaired) electrons. The molecule has 0 bridgehead atoms. The number of hydrogen-bond donors (Lipinski definition) is 2. The number of aliphatic carboxylic acids is 1. The molecule has 0 aliphatic carbocycles. The molecule has 0 unspecified atom stereocenters. The van der Waals surface area contributed by atoms with Gasteiger partial charge in [0, 0.05) is 16.6 Å². The van der Waals surface area contributed by atoms with Crippen LogP contribution in [0.5, 0.6) is 0 Å². The summed E-state index contributed by atoms with van der Waals surface area (Å²) >= 11 is 9.28. The summed E-state index contributed by atoms with van der Waals surface area (Å²) in [5.74, 6) is -0.913. The fourth-order valence-electron chi connectivity index (χ4n) is 1.03. The highest BCUT2D eigenvalue weighted by Gasteiger charge is 2.01. The highest BCUT2D eigenvalue weighted by Crippen LogP contribution is 2.25. The zero-order valence-corrected chi connectivity index (χ0v) is 11.0. The summed E-state index contributed by atoms with van der Waals surface area (Å²) in [5.41, 5.74) is 1.08. The van der Waals surface area contributed by atoms with E-state index in [2.05, 4.69) is 21.2 Å². The smallest absolute Gasteiger partial charge is 0.331 e. The van der Waals surface area contributed by atoms with Gasteiger partial charge in [0.1, 0.15) is 0 Å². The van der Waals surface area contributed by atoms with Crippen LogP contribution in [0.3, 0.4) is 0 Å². The van der Waals surface area contributed by atoms with E-state index < -0.39 is 5.97 Å². The Morgan fingerprint density at radius 2 is 2.31 bits per heavy atom. The van der Waals surface area contributed by atoms with Crippen LogP contribution in [0.15, 0.2) is 34.3 Å². The number of hydrogen-bond acceptors (Lipinski definition) is 2. The largest absolute Gasteiger partial charge is 0.478 e. The minimum Gasteiger partial charge on any atom is -0.478 e. The maximum Gasteiger partial charge on any atom is 0.331 e. The monoisotopic (exact) mass is 303 g/mol. The normalized spacial score (nSPS) is 11.3. The van der Waals surface area contributed by atoms with E-state index in [1.54, 1.807) is 19.1 Å². The van der Waals surface area contributed by atoms with Gasteiger partial charge in [-0.15, -0.1) is 0 Å². The summed E-state index contributed by atoms with van der Waals surface area (Å²) in [6.07, 6.45) is 1.60. The van der Waals surface area contributed by atoms with Crippen molar-refractivity contribution >= 4 is 39.2 Å². The Bertz CT molecular complexity index is 432. The molecular weight excluding hydrogens is 293 g/mol. The first-order valence-electron chi connectivity index (χ1n) is 4.59. The molecular formula is C11H11BrClNO2. The molecule has 0 saturated heterocycles. The number of nitrogens with one attached hydrogen (secondary N) is 1. The lowest BCUT2D eigenvalue weighted by molar-refractivity contribution is -0.132. The molecule has 1 rings (SSSR count). The van der Waals surface area contributed by atoms with Crippen LogP contribution in [0, 0.1) is 0 Å². The van der Waals surface area contributed by atoms with Gasteiger partial charge in [0.15, 0.2) is 0 Å². The Morgan fingerprint density at radius 1 is 1.62 bits per heavy atom. The second-order valence-corrected chi connectivity index (χ2v) is 4.52. The number of rotatable bonds is 4. The van der Waals surface area contributed by atoms with Crippen LogP contribution in [-0.4, -0.2) is 17.6 Å². The first kappa shape index (κ1) is 13.1. The van der Waals surface area contributed by atoms with Crippen molar-refractivity contribution in [3.8, 4) is 0 Å². The Kier molecular flexibility index (Phi) is 4.83. The van der Waals surface area contributed by atoms with E-state index in [1.807, 2.05) is 12.1 Å². The molecule has 0 heterocycles. The van der Waals surface area contributed by atoms with Crippen molar-refractivity contribution in [2.45, 2.75) is 6.92 Å². The van der Waals surface area contributed by atoms with E-state index in [0.717, 1.165) is 10.2 Å². The SMILES string of the molecule is C/C(=C/CNc1ccc(Br)cc1Cl)C(=O)O. The van der Waals surface area contributed by atoms with E-state index in [9.17, 15) is 4.79 Å². The third-order valence-electron chi connectivity index (χ3n) is 1.97. The van der Waals surface area contributed by atoms with E-state index in [-0.39, 0.29) is 0 Å². The molecule has 16 heavy (non-hydrogen) atoms. The predicted molar refractivity (Wildman–Crippen MR) is 69.0 cm³/mol. The minimum atomic E-state index is -0.913. The molecule has 1 aromatic carbocycles. The molecule has 0 spiro atoms. The second kappa shape index (κ2) is 5.92. The number of carboxylic acids is 1. The number of halogens is 2. The van der Waals surface area contributed by atoms with Crippen molar-refractivity contribution in [3.05, 3.63) is 39.3 Å². The quantitative estimate of drug-likeness (QED) is 0.836. The van der Waals surface area contributed by atoms with Crippen LogP contribution < -0.4 is 5.32 Å². The highest BCUT2D eigenvalue weighted by atomic mass is 79.9. The van der Waals surface area contributed by atoms with Crippen LogP contribution in [0.25, 0.3) is 0 Å². The Balaban J connectivity index is 2.62. The molecule has 0 saturated carbocycles. The minimum absolute atomic E-state index is 0.306. The van der Waals surface area contributed by atoms with Crippen LogP contribution in [0.2, 0.25) is 5.02 Å². The van der Waals surface area contributed by atoms with Gasteiger partial charge in [-0.3, -0.25) is 0 Å². The molecule has 2 N–H and O–H groups in total. The van der Waals surface area contributed by atoms with Crippen LogP contribution in [0.4, 0.5) is 5.69 Å². The lowest BCUT2D eigenvalue weighted by Crippen LogP contribution is -2.03. The fraction of sp³-hybridized carbons (Fsp3) is 0.182. The van der Waals surface area contributed by atoms with Gasteiger partial charge in [-0.1, -0.05) is 33.6 Å². The molecule has 0 aromatic heterocycles. The van der Waals surface area contributed by atoms with E-state index in [4.69, 9.17) is 16.7 Å². The van der Waals surface area contributed by atoms with Crippen molar-refractivity contribution in [1.82, 2.24) is 0 Å². The second-order valence-electron chi connectivity index (χ2n) is 3.20. The molecule has 0 fully saturated rings. The Hall–Kier alpha value is -1.00. The summed E-state index contributed by atoms with van der Waals surface area (Å²) in [4.78, 5) is 10.5. The molecule has 0 aliphatic rings. The van der Waals surface area contributed by atoms with Gasteiger partial charge in [-0.25, -0.2) is 4.79 Å². The maximum atomic E-state index is 10.5. The van der Waals surface area contributed by atoms with Crippen molar-refractivity contribution in [2.75, 3.05) is 11.9 Å². The lowest BCUT2D eigenvalue weighted by Gasteiger charge is -2.06. The number of benzene rings is 1. The molecule has 5 heteroatoms. The lowest BCUT2D eigenvalue weighted by atomic mass is 10.2. The van der Waals surface area contributed by atoms with Crippen LogP contribution in [0.1, 0.15) is 6.92 Å². The zero-order chi connectivity index (χ0) is 12.1. The molecule has 0 amide bonds. The molecule has 3 nitrogen and oxygen atoms in total. The third kappa shape index (κ3) is 3.87. The van der Waals surface area contributed by atoms with Gasteiger partial charge in [0.05, 0.1) is 10.7 Å². The summed E-state index contributed by atoms with van der Waals surface area (Å²) in [6, 6.07) is 5.47. The van der Waals surface area contributed by atoms with Crippen molar-refractivity contribution < 1.29 is 9.90 Å². The van der Waals surface area contributed by atoms with Gasteiger partial charge >= 0.3 is 5.97 Å². The zero-order valence-electron chi connectivity index (χ0n) is 8.63. The Labute approximate surface area is 107 Å². The van der Waals surface area contributed by atoms with E-state index in [0.29, 0.717) is 17.1 Å². The standard InChI is InChI=1S/C11H11BrClNO2/c1-7(11(15)16)4-5-14-10-3-2-8(12)6-9(10)13/h2-4,6,14H,5H2,1H3,(H,15,16)/b7-4-. The van der Waals surface area contributed by atoms with Crippen LogP contribution >= 0.6 is 27.5 Å². The topological polar surface area (TPSA) is 49.3 Å². The Morgan fingerprint density at radius 3 is 2.88 bits per heavy atom. The van der Waals surface area contributed by atoms with Crippen molar-refractivity contribution in [3.63, 3.8) is 0 Å². The van der Waals surface area contributed by atoms with Gasteiger partial charge in [0.2, 0.25) is 0 Å². The van der Waals surface area contributed by atoms with E-state index >= 15 is 0 Å². The molecule has 86 valence electrons. The van der Waals surface area contributed by atoms with E-state index in [1.165, 1.54) is 0 Å². The summed E-state index contributed by atoms with van der Waals surface area (Å²) < 4.78 is 0.903. The predicted octanol–water partition coefficient (Wildman–Crippen LogP) is 3.55. The molecule has 0 aliphatic heterocycles. The summed E-state index contributed by atoms with van der Waals surface area (Å²) in [6.45, 7) is 1.98. The van der Waals surface area contributed by atoms with Crippen molar-refractivity contribution in [2.24, 2.45) is 0 Å². The number of carbonyl (C=O) groups is 1. The summed E-state index contributed by atoms with van der Waals surface area (Å²) in [5, 5.41) is 12.3. The van der Waals surface area contributed by atoms with Gasteiger partial charge in [0.25, 0.3) is 0 Å². The van der Waals surface area contributed by atoms with Gasteiger partial charge in [-0.05, 0) is 25.1 Å². The number of carboxylic acid groups (broad SMARTS) is 1. The first-order valence-corrected chi connectivity index (χ1v) is 5.77. The molecule has 1 aromatic rings.